The van der Waals surface area contributed by atoms with Crippen LogP contribution in [0, 0.1) is 0 Å². The number of nitrogens with two attached hydrogens (primary N) is 1. The summed E-state index contributed by atoms with van der Waals surface area (Å²) in [6.45, 7) is 0.328. The lowest BCUT2D eigenvalue weighted by Crippen LogP contribution is -2.04. The molecule has 1 unspecified atom stereocenters. The lowest BCUT2D eigenvalue weighted by atomic mass is 10.2. The maximum atomic E-state index is 13.2. The molecule has 0 radical (unpaired) electrons. The number of alkyl halides is 1. The lowest BCUT2D eigenvalue weighted by Gasteiger charge is -2.06. The van der Waals surface area contributed by atoms with Gasteiger partial charge in [0.1, 0.15) is 11.9 Å². The van der Waals surface area contributed by atoms with Crippen molar-refractivity contribution < 1.29 is 9.13 Å². The first kappa shape index (κ1) is 9.92. The molecule has 0 aliphatic rings. The first-order chi connectivity index (χ1) is 6.27. The van der Waals surface area contributed by atoms with Crippen molar-refractivity contribution in [1.29, 1.82) is 0 Å². The maximum Gasteiger partial charge on any atom is 0.143 e. The van der Waals surface area contributed by atoms with Crippen LogP contribution in [0.5, 0.6) is 5.75 Å². The third kappa shape index (κ3) is 2.66. The van der Waals surface area contributed by atoms with E-state index in [4.69, 9.17) is 10.5 Å². The number of aromatic nitrogens is 1. The summed E-state index contributed by atoms with van der Waals surface area (Å²) in [4.78, 5) is 3.91. The summed E-state index contributed by atoms with van der Waals surface area (Å²) in [5.41, 5.74) is 5.64. The molecule has 2 N–H and O–H groups in total. The minimum atomic E-state index is -1.07. The van der Waals surface area contributed by atoms with E-state index < -0.39 is 6.17 Å². The Morgan fingerprint density at radius 3 is 2.85 bits per heavy atom. The molecule has 0 aliphatic carbocycles. The highest BCUT2D eigenvalue weighted by molar-refractivity contribution is 5.20. The molecule has 0 spiro atoms. The van der Waals surface area contributed by atoms with Crippen LogP contribution in [0.3, 0.4) is 0 Å². The smallest absolute Gasteiger partial charge is 0.143 e. The monoisotopic (exact) mass is 184 g/mol. The molecule has 0 saturated carbocycles. The number of halogens is 1. The predicted molar refractivity (Wildman–Crippen MR) is 48.3 cm³/mol. The Hall–Kier alpha value is -1.16. The van der Waals surface area contributed by atoms with Crippen LogP contribution in [-0.2, 0) is 0 Å². The zero-order valence-corrected chi connectivity index (χ0v) is 7.53. The van der Waals surface area contributed by atoms with Crippen LogP contribution in [0.4, 0.5) is 4.39 Å². The van der Waals surface area contributed by atoms with E-state index in [1.54, 1.807) is 19.2 Å². The van der Waals surface area contributed by atoms with Crippen molar-refractivity contribution in [3.05, 3.63) is 24.0 Å². The largest absolute Gasteiger partial charge is 0.495 e. The molecule has 0 aliphatic heterocycles. The van der Waals surface area contributed by atoms with Crippen molar-refractivity contribution in [2.45, 2.75) is 12.6 Å². The summed E-state index contributed by atoms with van der Waals surface area (Å²) in [5.74, 6) is 0.628. The van der Waals surface area contributed by atoms with Crippen molar-refractivity contribution in [3.8, 4) is 5.75 Å². The van der Waals surface area contributed by atoms with Gasteiger partial charge in [0.2, 0.25) is 0 Å². The Bertz CT molecular complexity index is 250. The molecule has 13 heavy (non-hydrogen) atoms. The third-order valence-corrected chi connectivity index (χ3v) is 1.74. The molecule has 1 heterocycles. The van der Waals surface area contributed by atoms with Gasteiger partial charge in [-0.1, -0.05) is 0 Å². The molecule has 1 rings (SSSR count). The van der Waals surface area contributed by atoms with Crippen LogP contribution in [0.1, 0.15) is 18.3 Å². The van der Waals surface area contributed by atoms with Gasteiger partial charge in [0.15, 0.2) is 0 Å². The average molecular weight is 184 g/mol. The van der Waals surface area contributed by atoms with Gasteiger partial charge in [0, 0.05) is 0 Å². The van der Waals surface area contributed by atoms with Gasteiger partial charge in [-0.3, -0.25) is 4.98 Å². The SMILES string of the molecule is COc1ccc(C(F)CCN)nc1. The van der Waals surface area contributed by atoms with Gasteiger partial charge < -0.3 is 10.5 Å². The van der Waals surface area contributed by atoms with E-state index in [-0.39, 0.29) is 0 Å². The van der Waals surface area contributed by atoms with Crippen LogP contribution >= 0.6 is 0 Å². The van der Waals surface area contributed by atoms with Gasteiger partial charge in [-0.2, -0.15) is 0 Å². The molecule has 1 atom stereocenters. The molecule has 0 bridgehead atoms. The average Bonchev–Trinajstić information content (AvgIpc) is 2.18. The topological polar surface area (TPSA) is 48.1 Å². The molecule has 4 heteroatoms. The fraction of sp³-hybridized carbons (Fsp3) is 0.444. The number of nitrogens with zero attached hydrogens (tertiary/aromatic N) is 1. The third-order valence-electron chi connectivity index (χ3n) is 1.74. The number of pyridine rings is 1. The molecule has 1 aromatic heterocycles. The second-order valence-corrected chi connectivity index (χ2v) is 2.67. The van der Waals surface area contributed by atoms with Crippen LogP contribution in [-0.4, -0.2) is 18.6 Å². The Morgan fingerprint density at radius 1 is 1.62 bits per heavy atom. The van der Waals surface area contributed by atoms with Gasteiger partial charge in [-0.05, 0) is 25.1 Å². The quantitative estimate of drug-likeness (QED) is 0.770. The summed E-state index contributed by atoms with van der Waals surface area (Å²) in [7, 11) is 1.55. The highest BCUT2D eigenvalue weighted by Gasteiger charge is 2.09. The van der Waals surface area contributed by atoms with Gasteiger partial charge >= 0.3 is 0 Å². The van der Waals surface area contributed by atoms with E-state index in [1.807, 2.05) is 0 Å². The first-order valence-corrected chi connectivity index (χ1v) is 4.12. The normalized spacial score (nSPS) is 12.5. The fourth-order valence-electron chi connectivity index (χ4n) is 0.992. The van der Waals surface area contributed by atoms with Crippen LogP contribution in [0.15, 0.2) is 18.3 Å². The van der Waals surface area contributed by atoms with Crippen molar-refractivity contribution >= 4 is 0 Å². The summed E-state index contributed by atoms with van der Waals surface area (Å²) in [5, 5.41) is 0. The van der Waals surface area contributed by atoms with E-state index >= 15 is 0 Å². The van der Waals surface area contributed by atoms with Crippen molar-refractivity contribution in [2.24, 2.45) is 5.73 Å². The Balaban J connectivity index is 2.67. The van der Waals surface area contributed by atoms with Crippen LogP contribution in [0.25, 0.3) is 0 Å². The van der Waals surface area contributed by atoms with Crippen molar-refractivity contribution in [3.63, 3.8) is 0 Å². The standard InChI is InChI=1S/C9H13FN2O/c1-13-7-2-3-9(12-6-7)8(10)4-5-11/h2-3,6,8H,4-5,11H2,1H3. The summed E-state index contributed by atoms with van der Waals surface area (Å²) in [6, 6.07) is 3.30. The number of rotatable bonds is 4. The summed E-state index contributed by atoms with van der Waals surface area (Å²) < 4.78 is 18.1. The second kappa shape index (κ2) is 4.77. The number of hydrogen-bond acceptors (Lipinski definition) is 3. The molecular weight excluding hydrogens is 171 g/mol. The Morgan fingerprint density at radius 2 is 2.38 bits per heavy atom. The van der Waals surface area contributed by atoms with Gasteiger partial charge in [0.25, 0.3) is 0 Å². The van der Waals surface area contributed by atoms with Gasteiger partial charge in [-0.25, -0.2) is 4.39 Å². The van der Waals surface area contributed by atoms with E-state index in [1.165, 1.54) is 6.20 Å². The lowest BCUT2D eigenvalue weighted by molar-refractivity contribution is 0.319. The molecule has 0 fully saturated rings. The van der Waals surface area contributed by atoms with E-state index in [9.17, 15) is 4.39 Å². The molecule has 3 nitrogen and oxygen atoms in total. The predicted octanol–water partition coefficient (Wildman–Crippen LogP) is 1.45. The maximum absolute atomic E-state index is 13.2. The van der Waals surface area contributed by atoms with E-state index in [0.29, 0.717) is 24.4 Å². The zero-order chi connectivity index (χ0) is 9.68. The van der Waals surface area contributed by atoms with Crippen molar-refractivity contribution in [1.82, 2.24) is 4.98 Å². The number of methoxy groups -OCH3 is 1. The zero-order valence-electron chi connectivity index (χ0n) is 7.53. The van der Waals surface area contributed by atoms with Crippen LogP contribution in [0.2, 0.25) is 0 Å². The molecular formula is C9H13FN2O. The first-order valence-electron chi connectivity index (χ1n) is 4.12. The molecule has 0 amide bonds. The summed E-state index contributed by atoms with van der Waals surface area (Å²) >= 11 is 0. The fourth-order valence-corrected chi connectivity index (χ4v) is 0.992. The Kier molecular flexibility index (Phi) is 3.64. The Labute approximate surface area is 76.7 Å². The number of hydrogen-bond donors (Lipinski definition) is 1. The van der Waals surface area contributed by atoms with E-state index in [0.717, 1.165) is 0 Å². The molecule has 72 valence electrons. The molecule has 0 saturated heterocycles. The minimum Gasteiger partial charge on any atom is -0.495 e. The van der Waals surface area contributed by atoms with Crippen LogP contribution < -0.4 is 10.5 Å². The number of ether oxygens (including phenoxy) is 1. The highest BCUT2D eigenvalue weighted by Crippen LogP contribution is 2.19. The van der Waals surface area contributed by atoms with E-state index in [2.05, 4.69) is 4.98 Å². The minimum absolute atomic E-state index is 0.305. The summed E-state index contributed by atoms with van der Waals surface area (Å²) in [6.07, 6.45) is 0.730. The van der Waals surface area contributed by atoms with Crippen molar-refractivity contribution in [2.75, 3.05) is 13.7 Å². The highest BCUT2D eigenvalue weighted by atomic mass is 19.1. The second-order valence-electron chi connectivity index (χ2n) is 2.67. The van der Waals surface area contributed by atoms with Gasteiger partial charge in [0.05, 0.1) is 19.0 Å². The van der Waals surface area contributed by atoms with Gasteiger partial charge in [-0.15, -0.1) is 0 Å². The molecule has 0 aromatic carbocycles. The molecule has 1 aromatic rings.